The van der Waals surface area contributed by atoms with Gasteiger partial charge in [-0.05, 0) is 50.4 Å². The number of aliphatic carboxylic acids is 1. The number of unbranched alkanes of at least 4 members (excludes halogenated alkanes) is 1. The summed E-state index contributed by atoms with van der Waals surface area (Å²) < 4.78 is 18.5. The number of hydrogen-bond acceptors (Lipinski definition) is 5. The lowest BCUT2D eigenvalue weighted by atomic mass is 10.2. The number of ether oxygens (including phenoxy) is 1. The number of allylic oxidation sites excluding steroid dienone is 4. The summed E-state index contributed by atoms with van der Waals surface area (Å²) in [7, 11) is 0. The van der Waals surface area contributed by atoms with Gasteiger partial charge in [-0.25, -0.2) is 9.18 Å². The van der Waals surface area contributed by atoms with Crippen LogP contribution in [0.3, 0.4) is 0 Å². The van der Waals surface area contributed by atoms with Gasteiger partial charge < -0.3 is 15.2 Å². The summed E-state index contributed by atoms with van der Waals surface area (Å²) in [5.41, 5.74) is -0.118. The normalized spacial score (nSPS) is 12.9. The van der Waals surface area contributed by atoms with Gasteiger partial charge in [0.25, 0.3) is 0 Å². The van der Waals surface area contributed by atoms with Gasteiger partial charge >= 0.3 is 5.97 Å². The fourth-order valence-corrected chi connectivity index (χ4v) is 1.84. The number of carboxylic acids is 1. The van der Waals surface area contributed by atoms with Gasteiger partial charge in [0.15, 0.2) is 5.76 Å². The van der Waals surface area contributed by atoms with E-state index in [1.807, 2.05) is 13.8 Å². The second-order valence-electron chi connectivity index (χ2n) is 4.91. The zero-order chi connectivity index (χ0) is 20.5. The summed E-state index contributed by atoms with van der Waals surface area (Å²) in [4.78, 5) is 11.3. The zero-order valence-corrected chi connectivity index (χ0v) is 17.1. The van der Waals surface area contributed by atoms with Crippen molar-refractivity contribution in [2.24, 2.45) is 5.14 Å². The molecule has 0 atom stereocenters. The fraction of sp³-hybridized carbons (Fsp3) is 0.421. The van der Waals surface area contributed by atoms with Crippen molar-refractivity contribution >= 4 is 17.9 Å². The highest BCUT2D eigenvalue weighted by molar-refractivity contribution is 8.01. The van der Waals surface area contributed by atoms with Crippen LogP contribution in [0.5, 0.6) is 0 Å². The summed E-state index contributed by atoms with van der Waals surface area (Å²) in [5, 5.41) is 17.7. The first-order chi connectivity index (χ1) is 12.3. The molecule has 0 fully saturated rings. The van der Waals surface area contributed by atoms with Gasteiger partial charge in [0.1, 0.15) is 5.76 Å². The van der Waals surface area contributed by atoms with E-state index in [1.165, 1.54) is 25.2 Å². The van der Waals surface area contributed by atoms with Crippen molar-refractivity contribution in [1.82, 2.24) is 5.32 Å². The van der Waals surface area contributed by atoms with Crippen molar-refractivity contribution in [3.8, 4) is 0 Å². The maximum Gasteiger partial charge on any atom is 0.335 e. The maximum absolute atomic E-state index is 12.8. The molecule has 0 saturated heterocycles. The standard InChI is InChI=1S/C17H25FN2O3S.C2H6/c1-5-6-9-20-11-15(23-14(4)8-7-13(3)18)16(24-19)10-12(2)17(21)22;1-2/h7-8,10-11,20H,2,5-6,9,19H2,1,3-4H3,(H,21,22);1-2H3/b13-7+,14-8+,15-11-,16-10+;. The average molecular weight is 387 g/mol. The van der Waals surface area contributed by atoms with E-state index in [0.717, 1.165) is 31.3 Å². The number of carboxylic acid groups (broad SMARTS) is 1. The molecule has 0 aliphatic heterocycles. The molecule has 0 spiro atoms. The van der Waals surface area contributed by atoms with E-state index >= 15 is 0 Å². The van der Waals surface area contributed by atoms with Crippen LogP contribution in [0.1, 0.15) is 47.5 Å². The van der Waals surface area contributed by atoms with E-state index in [0.29, 0.717) is 16.4 Å². The summed E-state index contributed by atoms with van der Waals surface area (Å²) in [6, 6.07) is 0. The molecule has 148 valence electrons. The lowest BCUT2D eigenvalue weighted by Crippen LogP contribution is -2.10. The Hall–Kier alpha value is -1.99. The van der Waals surface area contributed by atoms with Gasteiger partial charge in [-0.1, -0.05) is 33.8 Å². The molecule has 4 N–H and O–H groups in total. The van der Waals surface area contributed by atoms with Crippen molar-refractivity contribution in [2.75, 3.05) is 6.54 Å². The summed E-state index contributed by atoms with van der Waals surface area (Å²) >= 11 is 0.841. The predicted octanol–water partition coefficient (Wildman–Crippen LogP) is 5.17. The van der Waals surface area contributed by atoms with Crippen LogP contribution in [0, 0.1) is 0 Å². The number of carbonyl (C=O) groups is 1. The van der Waals surface area contributed by atoms with E-state index in [1.54, 1.807) is 13.1 Å². The quantitative estimate of drug-likeness (QED) is 0.149. The van der Waals surface area contributed by atoms with Crippen LogP contribution >= 0.6 is 11.9 Å². The molecule has 7 heteroatoms. The second kappa shape index (κ2) is 16.5. The van der Waals surface area contributed by atoms with Crippen molar-refractivity contribution in [3.63, 3.8) is 0 Å². The minimum absolute atomic E-state index is 0.118. The Kier molecular flexibility index (Phi) is 16.6. The highest BCUT2D eigenvalue weighted by Crippen LogP contribution is 2.24. The molecule has 0 aliphatic carbocycles. The van der Waals surface area contributed by atoms with Gasteiger partial charge in [-0.2, -0.15) is 0 Å². The molecule has 0 aromatic heterocycles. The van der Waals surface area contributed by atoms with Gasteiger partial charge in [0.05, 0.1) is 16.3 Å². The molecule has 26 heavy (non-hydrogen) atoms. The second-order valence-corrected chi connectivity index (χ2v) is 5.58. The Morgan fingerprint density at radius 3 is 2.42 bits per heavy atom. The van der Waals surface area contributed by atoms with Crippen LogP contribution < -0.4 is 10.5 Å². The van der Waals surface area contributed by atoms with Crippen molar-refractivity contribution in [3.05, 3.63) is 58.8 Å². The van der Waals surface area contributed by atoms with Gasteiger partial charge in [0.2, 0.25) is 0 Å². The first kappa shape index (κ1) is 26.2. The van der Waals surface area contributed by atoms with Crippen LogP contribution in [0.15, 0.2) is 58.8 Å². The van der Waals surface area contributed by atoms with Crippen LogP contribution in [0.2, 0.25) is 0 Å². The molecule has 5 nitrogen and oxygen atoms in total. The van der Waals surface area contributed by atoms with E-state index in [4.69, 9.17) is 15.0 Å². The van der Waals surface area contributed by atoms with Crippen LogP contribution in [0.4, 0.5) is 4.39 Å². The summed E-state index contributed by atoms with van der Waals surface area (Å²) in [5.74, 6) is -0.744. The fourth-order valence-electron chi connectivity index (χ4n) is 1.42. The maximum atomic E-state index is 12.8. The molecule has 0 heterocycles. The van der Waals surface area contributed by atoms with Crippen LogP contribution in [-0.4, -0.2) is 17.6 Å². The Balaban J connectivity index is 0. The topological polar surface area (TPSA) is 84.6 Å². The largest absolute Gasteiger partial charge is 0.478 e. The van der Waals surface area contributed by atoms with E-state index in [-0.39, 0.29) is 11.4 Å². The number of hydrogen-bond donors (Lipinski definition) is 3. The molecule has 0 saturated carbocycles. The average Bonchev–Trinajstić information content (AvgIpc) is 2.61. The van der Waals surface area contributed by atoms with Crippen molar-refractivity contribution < 1.29 is 19.0 Å². The minimum atomic E-state index is -1.15. The zero-order valence-electron chi connectivity index (χ0n) is 16.3. The highest BCUT2D eigenvalue weighted by atomic mass is 32.2. The Morgan fingerprint density at radius 2 is 1.96 bits per heavy atom. The van der Waals surface area contributed by atoms with Crippen LogP contribution in [0.25, 0.3) is 0 Å². The molecule has 0 radical (unpaired) electrons. The van der Waals surface area contributed by atoms with E-state index in [2.05, 4.69) is 18.8 Å². The van der Waals surface area contributed by atoms with E-state index in [9.17, 15) is 9.18 Å². The number of halogens is 1. The molecule has 0 bridgehead atoms. The smallest absolute Gasteiger partial charge is 0.335 e. The third-order valence-corrected chi connectivity index (χ3v) is 3.25. The van der Waals surface area contributed by atoms with Gasteiger partial charge in [-0.3, -0.25) is 5.14 Å². The van der Waals surface area contributed by atoms with Gasteiger partial charge in [0, 0.05) is 12.7 Å². The Bertz CT molecular complexity index is 563. The highest BCUT2D eigenvalue weighted by Gasteiger charge is 2.11. The molecular formula is C19H31FN2O3S. The van der Waals surface area contributed by atoms with Crippen LogP contribution in [-0.2, 0) is 9.53 Å². The van der Waals surface area contributed by atoms with Crippen molar-refractivity contribution in [1.29, 1.82) is 0 Å². The SMILES string of the molecule is C=C(/C=C(SN)\C(=C\NCCCC)O/C(C)=C/C=C(\C)F)C(=O)O.CC. The van der Waals surface area contributed by atoms with Crippen molar-refractivity contribution in [2.45, 2.75) is 47.5 Å². The number of nitrogens with one attached hydrogen (secondary N) is 1. The molecule has 0 amide bonds. The lowest BCUT2D eigenvalue weighted by molar-refractivity contribution is -0.132. The molecule has 0 unspecified atom stereocenters. The molecular weight excluding hydrogens is 355 g/mol. The van der Waals surface area contributed by atoms with Gasteiger partial charge in [-0.15, -0.1) is 0 Å². The number of rotatable bonds is 11. The molecule has 0 aromatic carbocycles. The third kappa shape index (κ3) is 13.3. The summed E-state index contributed by atoms with van der Waals surface area (Å²) in [6.45, 7) is 13.2. The number of nitrogens with two attached hydrogens (primary N) is 1. The lowest BCUT2D eigenvalue weighted by Gasteiger charge is -2.13. The first-order valence-corrected chi connectivity index (χ1v) is 9.32. The molecule has 0 rings (SSSR count). The van der Waals surface area contributed by atoms with E-state index < -0.39 is 5.97 Å². The Labute approximate surface area is 160 Å². The first-order valence-electron chi connectivity index (χ1n) is 8.44. The third-order valence-electron chi connectivity index (χ3n) is 2.68. The monoisotopic (exact) mass is 386 g/mol. The molecule has 0 aromatic rings. The Morgan fingerprint density at radius 1 is 1.35 bits per heavy atom. The minimum Gasteiger partial charge on any atom is -0.478 e. The predicted molar refractivity (Wildman–Crippen MR) is 109 cm³/mol. The summed E-state index contributed by atoms with van der Waals surface area (Å²) in [6.07, 6.45) is 7.68. The molecule has 0 aliphatic rings.